The number of likely N-dealkylation sites (tertiary alicyclic amines) is 1. The second-order valence-electron chi connectivity index (χ2n) is 11.3. The third kappa shape index (κ3) is 4.63. The summed E-state index contributed by atoms with van der Waals surface area (Å²) < 4.78 is 13.5. The number of nitrogens with zero attached hydrogens (tertiary/aromatic N) is 5. The number of nitrogens with one attached hydrogen (secondary N) is 1. The molecule has 4 amide bonds. The van der Waals surface area contributed by atoms with Crippen LogP contribution in [0.3, 0.4) is 0 Å². The number of anilines is 1. The van der Waals surface area contributed by atoms with E-state index >= 15 is 0 Å². The highest BCUT2D eigenvalue weighted by atomic mass is 16.6. The highest BCUT2D eigenvalue weighted by Gasteiger charge is 2.42. The topological polar surface area (TPSA) is 136 Å². The van der Waals surface area contributed by atoms with E-state index in [9.17, 15) is 19.2 Å². The van der Waals surface area contributed by atoms with E-state index in [0.29, 0.717) is 46.7 Å². The molecule has 3 aromatic rings. The molecule has 0 aliphatic carbocycles. The molecule has 0 radical (unpaired) electrons. The number of benzene rings is 1. The fourth-order valence-electron chi connectivity index (χ4n) is 5.48. The van der Waals surface area contributed by atoms with Gasteiger partial charge in [0.05, 0.1) is 30.2 Å². The van der Waals surface area contributed by atoms with Gasteiger partial charge in [-0.05, 0) is 46.1 Å². The van der Waals surface area contributed by atoms with Crippen molar-refractivity contribution in [3.05, 3.63) is 42.4 Å². The molecule has 1 aromatic carbocycles. The summed E-state index contributed by atoms with van der Waals surface area (Å²) in [5.41, 5.74) is -0.0986. The summed E-state index contributed by atoms with van der Waals surface area (Å²) in [4.78, 5) is 57.5. The van der Waals surface area contributed by atoms with E-state index in [4.69, 9.17) is 9.47 Å². The van der Waals surface area contributed by atoms with Crippen molar-refractivity contribution in [2.24, 2.45) is 0 Å². The molecule has 208 valence electrons. The second kappa shape index (κ2) is 9.61. The zero-order chi connectivity index (χ0) is 28.2. The van der Waals surface area contributed by atoms with Gasteiger partial charge in [-0.1, -0.05) is 12.1 Å². The molecule has 1 N–H and O–H groups in total. The number of aromatic nitrogens is 3. The van der Waals surface area contributed by atoms with E-state index in [2.05, 4.69) is 15.4 Å². The number of carbonyl (C=O) groups excluding carboxylic acids is 4. The number of ether oxygens (including phenoxy) is 2. The van der Waals surface area contributed by atoms with Gasteiger partial charge < -0.3 is 14.4 Å². The zero-order valence-corrected chi connectivity index (χ0v) is 22.5. The molecule has 1 atom stereocenters. The smallest absolute Gasteiger partial charge is 0.410 e. The number of imide groups is 1. The highest BCUT2D eigenvalue weighted by molar-refractivity contribution is 6.26. The minimum absolute atomic E-state index is 0.113. The van der Waals surface area contributed by atoms with Gasteiger partial charge in [0.15, 0.2) is 11.5 Å². The van der Waals surface area contributed by atoms with Gasteiger partial charge in [0, 0.05) is 30.3 Å². The third-order valence-electron chi connectivity index (χ3n) is 7.35. The molecule has 12 nitrogen and oxygen atoms in total. The van der Waals surface area contributed by atoms with Crippen LogP contribution < -0.4 is 15.0 Å². The van der Waals surface area contributed by atoms with Crippen molar-refractivity contribution in [2.75, 3.05) is 18.0 Å². The molecule has 0 bridgehead atoms. The summed E-state index contributed by atoms with van der Waals surface area (Å²) >= 11 is 0. The largest absolute Gasteiger partial charge is 0.452 e. The molecule has 0 saturated carbocycles. The molecule has 2 saturated heterocycles. The molecule has 1 unspecified atom stereocenters. The van der Waals surface area contributed by atoms with E-state index in [1.807, 2.05) is 37.7 Å². The first-order valence-corrected chi connectivity index (χ1v) is 13.4. The van der Waals surface area contributed by atoms with Crippen molar-refractivity contribution in [1.29, 1.82) is 0 Å². The number of rotatable bonds is 4. The van der Waals surface area contributed by atoms with Gasteiger partial charge in [-0.3, -0.25) is 29.3 Å². The van der Waals surface area contributed by atoms with Gasteiger partial charge in [-0.25, -0.2) is 9.78 Å². The molecule has 0 spiro atoms. The lowest BCUT2D eigenvalue weighted by molar-refractivity contribution is -0.134. The molecule has 3 aliphatic rings. The average molecular weight is 547 g/mol. The molecule has 2 fully saturated rings. The Morgan fingerprint density at radius 2 is 1.85 bits per heavy atom. The van der Waals surface area contributed by atoms with Crippen LogP contribution in [0.4, 0.5) is 10.6 Å². The van der Waals surface area contributed by atoms with Crippen molar-refractivity contribution >= 4 is 40.4 Å². The lowest BCUT2D eigenvalue weighted by Crippen LogP contribution is -2.53. The first-order valence-electron chi connectivity index (χ1n) is 13.4. The minimum atomic E-state index is -0.806. The summed E-state index contributed by atoms with van der Waals surface area (Å²) in [6.07, 6.45) is 6.55. The van der Waals surface area contributed by atoms with Crippen molar-refractivity contribution in [3.63, 3.8) is 0 Å². The normalized spacial score (nSPS) is 19.8. The van der Waals surface area contributed by atoms with Gasteiger partial charge >= 0.3 is 6.09 Å². The van der Waals surface area contributed by atoms with Crippen LogP contribution in [0.2, 0.25) is 0 Å². The standard InChI is InChI=1S/C28H30N6O6/c1-28(2,3)40-27(38)32-11-9-16(10-12-32)33-15-17(13-30-33)39-21-14-29-24-23-18(21)5-4-6-19(23)26(37)34(24)20-7-8-22(35)31-25(20)36/h4-6,13-16,20H,7-12H2,1-3H3,(H,31,35,36). The predicted octanol–water partition coefficient (Wildman–Crippen LogP) is 3.56. The third-order valence-corrected chi connectivity index (χ3v) is 7.35. The van der Waals surface area contributed by atoms with Gasteiger partial charge in [-0.2, -0.15) is 5.10 Å². The molecule has 40 heavy (non-hydrogen) atoms. The molecule has 5 heterocycles. The quantitative estimate of drug-likeness (QED) is 0.491. The number of piperidine rings is 2. The van der Waals surface area contributed by atoms with E-state index in [-0.39, 0.29) is 36.8 Å². The molecule has 2 aromatic heterocycles. The number of amides is 4. The fourth-order valence-corrected chi connectivity index (χ4v) is 5.48. The Hall–Kier alpha value is -4.48. The Morgan fingerprint density at radius 1 is 1.07 bits per heavy atom. The lowest BCUT2D eigenvalue weighted by atomic mass is 10.0. The van der Waals surface area contributed by atoms with Gasteiger partial charge in [0.25, 0.3) is 5.91 Å². The molecular weight excluding hydrogens is 516 g/mol. The van der Waals surface area contributed by atoms with Crippen LogP contribution in [-0.4, -0.2) is 68.2 Å². The van der Waals surface area contributed by atoms with Crippen LogP contribution in [0.5, 0.6) is 11.5 Å². The zero-order valence-electron chi connectivity index (χ0n) is 22.5. The Labute approximate surface area is 230 Å². The van der Waals surface area contributed by atoms with E-state index in [0.717, 1.165) is 12.8 Å². The van der Waals surface area contributed by atoms with Crippen molar-refractivity contribution < 1.29 is 28.7 Å². The predicted molar refractivity (Wildman–Crippen MR) is 143 cm³/mol. The van der Waals surface area contributed by atoms with Crippen LogP contribution in [0.1, 0.15) is 62.9 Å². The number of hydrogen-bond acceptors (Lipinski definition) is 8. The summed E-state index contributed by atoms with van der Waals surface area (Å²) in [5.74, 6) is 0.176. The van der Waals surface area contributed by atoms with Crippen LogP contribution in [0.15, 0.2) is 36.8 Å². The fraction of sp³-hybridized carbons (Fsp3) is 0.429. The Kier molecular flexibility index (Phi) is 6.20. The maximum absolute atomic E-state index is 13.3. The van der Waals surface area contributed by atoms with Crippen LogP contribution >= 0.6 is 0 Å². The maximum Gasteiger partial charge on any atom is 0.410 e. The molecule has 6 rings (SSSR count). The number of pyridine rings is 1. The first-order chi connectivity index (χ1) is 19.1. The lowest BCUT2D eigenvalue weighted by Gasteiger charge is -2.33. The summed E-state index contributed by atoms with van der Waals surface area (Å²) in [6.45, 7) is 6.71. The van der Waals surface area contributed by atoms with Crippen LogP contribution in [-0.2, 0) is 14.3 Å². The summed E-state index contributed by atoms with van der Waals surface area (Å²) in [6, 6.07) is 4.62. The SMILES string of the molecule is CC(C)(C)OC(=O)N1CCC(n2cc(Oc3cnc4c5c(cccc35)C(=O)N4C3CCC(=O)NC3=O)cn2)CC1. The average Bonchev–Trinajstić information content (AvgIpc) is 3.49. The highest BCUT2D eigenvalue weighted by Crippen LogP contribution is 2.42. The molecule has 12 heteroatoms. The number of carbonyl (C=O) groups is 4. The first kappa shape index (κ1) is 25.8. The molecular formula is C28H30N6O6. The van der Waals surface area contributed by atoms with Gasteiger partial charge in [0.1, 0.15) is 17.5 Å². The summed E-state index contributed by atoms with van der Waals surface area (Å²) in [7, 11) is 0. The summed E-state index contributed by atoms with van der Waals surface area (Å²) in [5, 5.41) is 8.10. The van der Waals surface area contributed by atoms with Crippen molar-refractivity contribution in [1.82, 2.24) is 25.0 Å². The van der Waals surface area contributed by atoms with Crippen LogP contribution in [0.25, 0.3) is 10.8 Å². The van der Waals surface area contributed by atoms with E-state index < -0.39 is 17.6 Å². The Bertz CT molecular complexity index is 1530. The van der Waals surface area contributed by atoms with Gasteiger partial charge in [0.2, 0.25) is 11.8 Å². The van der Waals surface area contributed by atoms with E-state index in [1.54, 1.807) is 23.2 Å². The van der Waals surface area contributed by atoms with Crippen molar-refractivity contribution in [2.45, 2.75) is 64.1 Å². The Morgan fingerprint density at radius 3 is 2.58 bits per heavy atom. The minimum Gasteiger partial charge on any atom is -0.452 e. The maximum atomic E-state index is 13.3. The second-order valence-corrected chi connectivity index (χ2v) is 11.3. The Balaban J connectivity index is 1.19. The van der Waals surface area contributed by atoms with Gasteiger partial charge in [-0.15, -0.1) is 0 Å². The molecule has 3 aliphatic heterocycles. The van der Waals surface area contributed by atoms with Crippen LogP contribution in [0, 0.1) is 0 Å². The number of hydrogen-bond donors (Lipinski definition) is 1. The van der Waals surface area contributed by atoms with E-state index in [1.165, 1.54) is 11.1 Å². The van der Waals surface area contributed by atoms with Crippen molar-refractivity contribution in [3.8, 4) is 11.5 Å². The monoisotopic (exact) mass is 546 g/mol.